The maximum atomic E-state index is 5.68. The van der Waals surface area contributed by atoms with Gasteiger partial charge < -0.3 is 0 Å². The summed E-state index contributed by atoms with van der Waals surface area (Å²) < 4.78 is 4.58. The quantitative estimate of drug-likeness (QED) is 0.171. The Balaban J connectivity index is 0.758. The van der Waals surface area contributed by atoms with Crippen molar-refractivity contribution in [3.63, 3.8) is 0 Å². The van der Waals surface area contributed by atoms with Gasteiger partial charge in [-0.2, -0.15) is 0 Å². The number of benzene rings is 12. The predicted octanol–water partition coefficient (Wildman–Crippen LogP) is 21.6. The average molecular weight is 1190 g/mol. The minimum atomic E-state index is -0.0810. The molecule has 0 saturated carbocycles. The molecule has 0 spiro atoms. The van der Waals surface area contributed by atoms with Gasteiger partial charge in [0.25, 0.3) is 0 Å². The molecule has 4 aromatic heterocycles. The molecule has 0 atom stereocenters. The lowest BCUT2D eigenvalue weighted by molar-refractivity contribution is 0.660. The Morgan fingerprint density at radius 2 is 0.756 bits per heavy atom. The van der Waals surface area contributed by atoms with Crippen LogP contribution in [0.25, 0.3) is 155 Å². The molecular weight excluding hydrogens is 1130 g/mol. The highest BCUT2D eigenvalue weighted by molar-refractivity contribution is 8.00. The Morgan fingerprint density at radius 1 is 0.289 bits per heavy atom. The number of rotatable bonds is 5. The lowest BCUT2D eigenvalue weighted by Gasteiger charge is -2.22. The highest BCUT2D eigenvalue weighted by Crippen LogP contribution is 2.55. The molecule has 2 aliphatic carbocycles. The third-order valence-corrected chi connectivity index (χ3v) is 22.5. The SMILES string of the molecule is CC1(C)c2ccccc2-c2cc(-c3ccc4c(c3)c3ccccc3n4-c3nc4c5c(c(-c6ccc7c(c6)c6ccc(-c8ccc9c(c8)-c8ccccc8C9(C)C)cc6n7-c6nc7c8c(cccc8n6)Sc6ccccc6-7)ccc5n3)Sc3ccccc3-4)ccc21. The molecule has 20 rings (SSSR count). The van der Waals surface area contributed by atoms with E-state index in [1.165, 1.54) is 81.3 Å². The summed E-state index contributed by atoms with van der Waals surface area (Å²) in [6, 6.07) is 89.8. The monoisotopic (exact) mass is 1180 g/mol. The van der Waals surface area contributed by atoms with E-state index < -0.39 is 0 Å². The van der Waals surface area contributed by atoms with Gasteiger partial charge in [0.1, 0.15) is 0 Å². The van der Waals surface area contributed by atoms with Gasteiger partial charge in [0, 0.05) is 73.9 Å². The summed E-state index contributed by atoms with van der Waals surface area (Å²) in [5.41, 5.74) is 27.8. The van der Waals surface area contributed by atoms with Crippen LogP contribution in [0, 0.1) is 0 Å². The number of aromatic nitrogens is 6. The van der Waals surface area contributed by atoms with Crippen molar-refractivity contribution in [2.24, 2.45) is 0 Å². The van der Waals surface area contributed by atoms with Gasteiger partial charge in [0.2, 0.25) is 11.9 Å². The topological polar surface area (TPSA) is 61.4 Å². The van der Waals surface area contributed by atoms with E-state index in [1.807, 2.05) is 11.8 Å². The molecule has 0 amide bonds. The van der Waals surface area contributed by atoms with E-state index in [0.29, 0.717) is 11.9 Å². The minimum Gasteiger partial charge on any atom is -0.278 e. The van der Waals surface area contributed by atoms with Crippen molar-refractivity contribution in [2.45, 2.75) is 58.1 Å². The molecule has 0 bridgehead atoms. The van der Waals surface area contributed by atoms with Gasteiger partial charge in [-0.25, -0.2) is 19.9 Å². The molecule has 0 unspecified atom stereocenters. The molecule has 4 aliphatic rings. The highest BCUT2D eigenvalue weighted by Gasteiger charge is 2.37. The standard InChI is InChI=1S/C82H52N6S2/c1-81(2)61-21-10-5-16-51(61)57-40-45(29-35-63(57)81)47-31-38-68-59(42-47)53-18-7-12-24-67(53)87(68)79-84-66-37-34-50(78-75(66)77(86-79)56-20-9-14-26-72(56)90-78)49-32-39-69-60(43-49)54-33-28-48(46-30-36-64-58(41-46)52-17-6-11-22-62(52)82(64,3)4)44-70(54)88(69)80-83-65-23-15-27-73-74(65)76(85-80)55-19-8-13-25-71(55)89-73/h5-44H,1-4H3. The van der Waals surface area contributed by atoms with Crippen LogP contribution in [0.2, 0.25) is 0 Å². The molecule has 0 fully saturated rings. The number of fused-ring (bicyclic) bond motifs is 16. The summed E-state index contributed by atoms with van der Waals surface area (Å²) >= 11 is 3.61. The smallest absolute Gasteiger partial charge is 0.235 e. The van der Waals surface area contributed by atoms with Crippen molar-refractivity contribution in [1.82, 2.24) is 29.1 Å². The van der Waals surface area contributed by atoms with Crippen LogP contribution >= 0.6 is 23.5 Å². The van der Waals surface area contributed by atoms with Gasteiger partial charge in [0.15, 0.2) is 0 Å². The van der Waals surface area contributed by atoms with Crippen molar-refractivity contribution in [2.75, 3.05) is 0 Å². The Labute approximate surface area is 527 Å². The summed E-state index contributed by atoms with van der Waals surface area (Å²) in [5.74, 6) is 1.30. The Bertz CT molecular complexity index is 5940. The third kappa shape index (κ3) is 6.92. The largest absolute Gasteiger partial charge is 0.278 e. The predicted molar refractivity (Wildman–Crippen MR) is 372 cm³/mol. The molecule has 0 N–H and O–H groups in total. The first kappa shape index (κ1) is 50.6. The molecular formula is C82H52N6S2. The van der Waals surface area contributed by atoms with E-state index in [4.69, 9.17) is 19.9 Å². The zero-order valence-electron chi connectivity index (χ0n) is 49.6. The molecule has 422 valence electrons. The first-order chi connectivity index (χ1) is 44.1. The van der Waals surface area contributed by atoms with Gasteiger partial charge in [-0.3, -0.25) is 9.13 Å². The lowest BCUT2D eigenvalue weighted by Crippen LogP contribution is -2.14. The molecule has 2 aliphatic heterocycles. The van der Waals surface area contributed by atoms with Crippen molar-refractivity contribution < 1.29 is 0 Å². The van der Waals surface area contributed by atoms with Crippen molar-refractivity contribution in [3.05, 3.63) is 265 Å². The second-order valence-corrected chi connectivity index (χ2v) is 27.8. The fourth-order valence-corrected chi connectivity index (χ4v) is 18.2. The van der Waals surface area contributed by atoms with E-state index in [-0.39, 0.29) is 10.8 Å². The summed E-state index contributed by atoms with van der Waals surface area (Å²) in [4.78, 5) is 27.0. The second kappa shape index (κ2) is 18.1. The molecule has 8 heteroatoms. The summed E-state index contributed by atoms with van der Waals surface area (Å²) in [7, 11) is 0. The maximum Gasteiger partial charge on any atom is 0.235 e. The number of hydrogen-bond donors (Lipinski definition) is 0. The van der Waals surface area contributed by atoms with Gasteiger partial charge in [-0.1, -0.05) is 215 Å². The lowest BCUT2D eigenvalue weighted by atomic mass is 9.82. The van der Waals surface area contributed by atoms with Crippen LogP contribution < -0.4 is 0 Å². The summed E-state index contributed by atoms with van der Waals surface area (Å²) in [5, 5.41) is 6.75. The fraction of sp³-hybridized carbons (Fsp3) is 0.0732. The van der Waals surface area contributed by atoms with Crippen molar-refractivity contribution >= 4 is 88.9 Å². The second-order valence-electron chi connectivity index (χ2n) is 25.7. The van der Waals surface area contributed by atoms with Gasteiger partial charge in [0.05, 0.1) is 44.5 Å². The number of hydrogen-bond acceptors (Lipinski definition) is 6. The molecule has 6 heterocycles. The molecule has 0 radical (unpaired) electrons. The number of nitrogens with zero attached hydrogens (tertiary/aromatic N) is 6. The van der Waals surface area contributed by atoms with E-state index in [2.05, 4.69) is 279 Å². The molecule has 16 aromatic rings. The maximum absolute atomic E-state index is 5.68. The summed E-state index contributed by atoms with van der Waals surface area (Å²) in [6.07, 6.45) is 0. The Kier molecular flexibility index (Phi) is 10.2. The Morgan fingerprint density at radius 3 is 1.43 bits per heavy atom. The van der Waals surface area contributed by atoms with E-state index in [1.54, 1.807) is 11.8 Å². The van der Waals surface area contributed by atoms with Crippen LogP contribution in [0.15, 0.2) is 262 Å². The van der Waals surface area contributed by atoms with Crippen molar-refractivity contribution in [1.29, 1.82) is 0 Å². The van der Waals surface area contributed by atoms with E-state index in [0.717, 1.165) is 104 Å². The van der Waals surface area contributed by atoms with Crippen LogP contribution in [-0.4, -0.2) is 29.1 Å². The first-order valence-electron chi connectivity index (χ1n) is 30.9. The number of para-hydroxylation sites is 1. The third-order valence-electron chi connectivity index (χ3n) is 20.2. The van der Waals surface area contributed by atoms with E-state index >= 15 is 0 Å². The van der Waals surface area contributed by atoms with Crippen LogP contribution in [-0.2, 0) is 10.8 Å². The zero-order valence-corrected chi connectivity index (χ0v) is 51.2. The average Bonchev–Trinajstić information content (AvgIpc) is 1.14. The first-order valence-corrected chi connectivity index (χ1v) is 32.6. The van der Waals surface area contributed by atoms with Crippen LogP contribution in [0.1, 0.15) is 49.9 Å². The summed E-state index contributed by atoms with van der Waals surface area (Å²) in [6.45, 7) is 9.37. The molecule has 12 aromatic carbocycles. The van der Waals surface area contributed by atoms with Gasteiger partial charge >= 0.3 is 0 Å². The molecule has 0 saturated heterocycles. The van der Waals surface area contributed by atoms with Gasteiger partial charge in [-0.15, -0.1) is 0 Å². The normalized spacial score (nSPS) is 14.3. The zero-order chi connectivity index (χ0) is 59.5. The highest BCUT2D eigenvalue weighted by atomic mass is 32.2. The van der Waals surface area contributed by atoms with Crippen LogP contribution in [0.5, 0.6) is 0 Å². The minimum absolute atomic E-state index is 0.0490. The van der Waals surface area contributed by atoms with E-state index in [9.17, 15) is 0 Å². The molecule has 90 heavy (non-hydrogen) atoms. The van der Waals surface area contributed by atoms with Crippen molar-refractivity contribution in [3.8, 4) is 90.0 Å². The Hall–Kier alpha value is -10.4. The molecule has 6 nitrogen and oxygen atoms in total. The van der Waals surface area contributed by atoms with Crippen LogP contribution in [0.3, 0.4) is 0 Å². The fourth-order valence-electron chi connectivity index (χ4n) is 15.8. The van der Waals surface area contributed by atoms with Gasteiger partial charge in [-0.05, 0) is 157 Å². The van der Waals surface area contributed by atoms with Crippen LogP contribution in [0.4, 0.5) is 0 Å².